The summed E-state index contributed by atoms with van der Waals surface area (Å²) in [6.07, 6.45) is 4.61. The fourth-order valence-electron chi connectivity index (χ4n) is 1.97. The zero-order valence-electron chi connectivity index (χ0n) is 9.65. The number of H-pyrrole nitrogens is 1. The van der Waals surface area contributed by atoms with E-state index in [0.717, 1.165) is 17.6 Å². The first-order chi connectivity index (χ1) is 9.16. The van der Waals surface area contributed by atoms with Crippen LogP contribution in [-0.2, 0) is 0 Å². The van der Waals surface area contributed by atoms with Crippen molar-refractivity contribution in [2.75, 3.05) is 0 Å². The molecule has 0 radical (unpaired) electrons. The summed E-state index contributed by atoms with van der Waals surface area (Å²) in [5, 5.41) is 0.608. The first kappa shape index (κ1) is 11.5. The molecule has 1 N–H and O–H groups in total. The number of carbonyl (C=O) groups excluding carboxylic acids is 1. The minimum atomic E-state index is -0.872. The SMILES string of the molecule is O=C(c1ccc(F)cc1F)c1c[nH]c2ccncc12. The van der Waals surface area contributed by atoms with Crippen molar-refractivity contribution in [3.63, 3.8) is 0 Å². The molecule has 0 saturated heterocycles. The number of rotatable bonds is 2. The number of nitrogens with zero attached hydrogens (tertiary/aromatic N) is 1. The van der Waals surface area contributed by atoms with Gasteiger partial charge in [-0.3, -0.25) is 9.78 Å². The number of aromatic amines is 1. The van der Waals surface area contributed by atoms with E-state index in [1.165, 1.54) is 12.4 Å². The van der Waals surface area contributed by atoms with Crippen LogP contribution in [0.1, 0.15) is 15.9 Å². The molecular weight excluding hydrogens is 250 g/mol. The number of fused-ring (bicyclic) bond motifs is 1. The summed E-state index contributed by atoms with van der Waals surface area (Å²) in [7, 11) is 0. The van der Waals surface area contributed by atoms with E-state index in [1.54, 1.807) is 12.3 Å². The second-order valence-electron chi connectivity index (χ2n) is 4.08. The van der Waals surface area contributed by atoms with E-state index in [1.807, 2.05) is 0 Å². The van der Waals surface area contributed by atoms with Gasteiger partial charge in [-0.2, -0.15) is 0 Å². The van der Waals surface area contributed by atoms with Gasteiger partial charge in [0.25, 0.3) is 0 Å². The molecule has 0 atom stereocenters. The molecule has 1 aromatic carbocycles. The van der Waals surface area contributed by atoms with Crippen LogP contribution in [0.15, 0.2) is 42.9 Å². The van der Waals surface area contributed by atoms with Crippen molar-refractivity contribution in [2.24, 2.45) is 0 Å². The first-order valence-electron chi connectivity index (χ1n) is 5.57. The largest absolute Gasteiger partial charge is 0.360 e. The number of hydrogen-bond acceptors (Lipinski definition) is 2. The van der Waals surface area contributed by atoms with Crippen LogP contribution in [0.2, 0.25) is 0 Å². The van der Waals surface area contributed by atoms with E-state index in [0.29, 0.717) is 17.0 Å². The Morgan fingerprint density at radius 3 is 2.79 bits per heavy atom. The summed E-state index contributed by atoms with van der Waals surface area (Å²) >= 11 is 0. The highest BCUT2D eigenvalue weighted by Crippen LogP contribution is 2.21. The summed E-state index contributed by atoms with van der Waals surface area (Å²) < 4.78 is 26.4. The van der Waals surface area contributed by atoms with Gasteiger partial charge in [0.15, 0.2) is 5.78 Å². The third-order valence-corrected chi connectivity index (χ3v) is 2.90. The smallest absolute Gasteiger partial charge is 0.198 e. The Balaban J connectivity index is 2.13. The predicted octanol–water partition coefficient (Wildman–Crippen LogP) is 3.07. The topological polar surface area (TPSA) is 45.8 Å². The standard InChI is InChI=1S/C14H8F2N2O/c15-8-1-2-9(12(16)5-8)14(19)11-7-18-13-3-4-17-6-10(11)13/h1-7,18H. The van der Waals surface area contributed by atoms with E-state index < -0.39 is 17.4 Å². The zero-order valence-corrected chi connectivity index (χ0v) is 9.65. The summed E-state index contributed by atoms with van der Waals surface area (Å²) in [6.45, 7) is 0. The van der Waals surface area contributed by atoms with E-state index in [-0.39, 0.29) is 5.56 Å². The molecule has 2 heterocycles. The van der Waals surface area contributed by atoms with Crippen molar-refractivity contribution in [1.82, 2.24) is 9.97 Å². The molecule has 94 valence electrons. The molecule has 0 aliphatic rings. The maximum Gasteiger partial charge on any atom is 0.198 e. The van der Waals surface area contributed by atoms with Gasteiger partial charge in [-0.1, -0.05) is 0 Å². The number of aromatic nitrogens is 2. The minimum absolute atomic E-state index is 0.161. The normalized spacial score (nSPS) is 10.8. The molecule has 0 aliphatic carbocycles. The van der Waals surface area contributed by atoms with Gasteiger partial charge in [0.2, 0.25) is 0 Å². The number of nitrogens with one attached hydrogen (secondary N) is 1. The van der Waals surface area contributed by atoms with E-state index in [9.17, 15) is 13.6 Å². The van der Waals surface area contributed by atoms with Crippen LogP contribution in [0.25, 0.3) is 10.9 Å². The van der Waals surface area contributed by atoms with Crippen molar-refractivity contribution in [2.45, 2.75) is 0 Å². The summed E-state index contributed by atoms with van der Waals surface area (Å²) in [5.41, 5.74) is 0.889. The van der Waals surface area contributed by atoms with Crippen LogP contribution in [0.5, 0.6) is 0 Å². The van der Waals surface area contributed by atoms with Crippen molar-refractivity contribution in [3.05, 3.63) is 65.6 Å². The monoisotopic (exact) mass is 258 g/mol. The van der Waals surface area contributed by atoms with E-state index in [2.05, 4.69) is 9.97 Å². The van der Waals surface area contributed by atoms with Gasteiger partial charge in [0.05, 0.1) is 5.56 Å². The van der Waals surface area contributed by atoms with Crippen molar-refractivity contribution in [1.29, 1.82) is 0 Å². The molecule has 0 unspecified atom stereocenters. The predicted molar refractivity (Wildman–Crippen MR) is 65.9 cm³/mol. The van der Waals surface area contributed by atoms with Crippen molar-refractivity contribution < 1.29 is 13.6 Å². The van der Waals surface area contributed by atoms with Gasteiger partial charge in [-0.15, -0.1) is 0 Å². The van der Waals surface area contributed by atoms with E-state index in [4.69, 9.17) is 0 Å². The zero-order chi connectivity index (χ0) is 13.4. The van der Waals surface area contributed by atoms with Gasteiger partial charge in [0.1, 0.15) is 11.6 Å². The quantitative estimate of drug-likeness (QED) is 0.718. The number of hydrogen-bond donors (Lipinski definition) is 1. The summed E-state index contributed by atoms with van der Waals surface area (Å²) in [5.74, 6) is -2.09. The molecule has 0 aliphatic heterocycles. The number of ketones is 1. The maximum absolute atomic E-state index is 13.6. The Morgan fingerprint density at radius 1 is 1.16 bits per heavy atom. The van der Waals surface area contributed by atoms with Gasteiger partial charge in [-0.05, 0) is 18.2 Å². The lowest BCUT2D eigenvalue weighted by Gasteiger charge is -2.01. The van der Waals surface area contributed by atoms with Gasteiger partial charge < -0.3 is 4.98 Å². The maximum atomic E-state index is 13.6. The molecule has 2 aromatic heterocycles. The molecule has 0 saturated carbocycles. The fraction of sp³-hybridized carbons (Fsp3) is 0. The van der Waals surface area contributed by atoms with Crippen LogP contribution in [0.4, 0.5) is 8.78 Å². The Hall–Kier alpha value is -2.56. The van der Waals surface area contributed by atoms with Crippen molar-refractivity contribution >= 4 is 16.7 Å². The van der Waals surface area contributed by atoms with E-state index >= 15 is 0 Å². The molecule has 3 nitrogen and oxygen atoms in total. The molecule has 3 rings (SSSR count). The van der Waals surface area contributed by atoms with Crippen LogP contribution in [0.3, 0.4) is 0 Å². The lowest BCUT2D eigenvalue weighted by molar-refractivity contribution is 0.103. The first-order valence-corrected chi connectivity index (χ1v) is 5.57. The average molecular weight is 258 g/mol. The van der Waals surface area contributed by atoms with Gasteiger partial charge in [0, 0.05) is 41.1 Å². The second-order valence-corrected chi connectivity index (χ2v) is 4.08. The minimum Gasteiger partial charge on any atom is -0.360 e. The molecule has 3 aromatic rings. The number of pyridine rings is 1. The molecule has 0 amide bonds. The summed E-state index contributed by atoms with van der Waals surface area (Å²) in [6, 6.07) is 4.61. The highest BCUT2D eigenvalue weighted by molar-refractivity contribution is 6.16. The number of carbonyl (C=O) groups is 1. The highest BCUT2D eigenvalue weighted by atomic mass is 19.1. The Morgan fingerprint density at radius 2 is 2.00 bits per heavy atom. The van der Waals surface area contributed by atoms with Crippen LogP contribution in [-0.4, -0.2) is 15.8 Å². The lowest BCUT2D eigenvalue weighted by Crippen LogP contribution is -2.04. The Labute approximate surface area is 106 Å². The Bertz CT molecular complexity index is 780. The Kier molecular flexibility index (Phi) is 2.59. The van der Waals surface area contributed by atoms with Crippen LogP contribution in [0, 0.1) is 11.6 Å². The van der Waals surface area contributed by atoms with Crippen LogP contribution < -0.4 is 0 Å². The molecule has 0 bridgehead atoms. The third-order valence-electron chi connectivity index (χ3n) is 2.90. The highest BCUT2D eigenvalue weighted by Gasteiger charge is 2.18. The molecular formula is C14H8F2N2O. The van der Waals surface area contributed by atoms with Crippen LogP contribution >= 0.6 is 0 Å². The van der Waals surface area contributed by atoms with Gasteiger partial charge >= 0.3 is 0 Å². The molecule has 5 heteroatoms. The number of halogens is 2. The third kappa shape index (κ3) is 1.89. The molecule has 19 heavy (non-hydrogen) atoms. The van der Waals surface area contributed by atoms with Crippen molar-refractivity contribution in [3.8, 4) is 0 Å². The lowest BCUT2D eigenvalue weighted by atomic mass is 10.0. The second kappa shape index (κ2) is 4.28. The average Bonchev–Trinajstić information content (AvgIpc) is 2.82. The number of benzene rings is 1. The molecule has 0 spiro atoms. The van der Waals surface area contributed by atoms with Gasteiger partial charge in [-0.25, -0.2) is 8.78 Å². The fourth-order valence-corrected chi connectivity index (χ4v) is 1.97. The summed E-state index contributed by atoms with van der Waals surface area (Å²) in [4.78, 5) is 19.1. The molecule has 0 fully saturated rings.